The van der Waals surface area contributed by atoms with Crippen molar-refractivity contribution in [1.82, 2.24) is 25.0 Å². The Kier molecular flexibility index (Phi) is 6.13. The van der Waals surface area contributed by atoms with Crippen LogP contribution in [0.3, 0.4) is 0 Å². The number of likely N-dealkylation sites (tertiary alicyclic amines) is 1. The Labute approximate surface area is 193 Å². The molecule has 7 nitrogen and oxygen atoms in total. The van der Waals surface area contributed by atoms with E-state index in [1.165, 1.54) is 5.56 Å². The molecule has 1 aromatic carbocycles. The normalized spacial score (nSPS) is 15.0. The number of pyridine rings is 1. The van der Waals surface area contributed by atoms with E-state index >= 15 is 0 Å². The molecule has 5 rings (SSSR count). The third kappa shape index (κ3) is 5.09. The average molecular weight is 441 g/mol. The molecule has 1 aliphatic rings. The van der Waals surface area contributed by atoms with Gasteiger partial charge in [-0.15, -0.1) is 0 Å². The summed E-state index contributed by atoms with van der Waals surface area (Å²) < 4.78 is 5.51. The van der Waals surface area contributed by atoms with Gasteiger partial charge in [0.1, 0.15) is 0 Å². The molecule has 0 unspecified atom stereocenters. The highest BCUT2D eigenvalue weighted by atomic mass is 16.5. The lowest BCUT2D eigenvalue weighted by Gasteiger charge is -2.32. The summed E-state index contributed by atoms with van der Waals surface area (Å²) in [7, 11) is 0. The van der Waals surface area contributed by atoms with Gasteiger partial charge in [0.15, 0.2) is 5.76 Å². The van der Waals surface area contributed by atoms with Crippen molar-refractivity contribution in [2.45, 2.75) is 39.3 Å². The molecule has 0 atom stereocenters. The van der Waals surface area contributed by atoms with E-state index in [9.17, 15) is 0 Å². The number of nitrogens with zero attached hydrogens (tertiary/aromatic N) is 5. The van der Waals surface area contributed by atoms with Crippen LogP contribution in [0, 0.1) is 13.8 Å². The minimum absolute atomic E-state index is 0.347. The van der Waals surface area contributed by atoms with Gasteiger partial charge in [-0.3, -0.25) is 9.88 Å². The summed E-state index contributed by atoms with van der Waals surface area (Å²) in [6.07, 6.45) is 5.77. The zero-order chi connectivity index (χ0) is 22.6. The van der Waals surface area contributed by atoms with Crippen molar-refractivity contribution in [3.8, 4) is 22.6 Å². The lowest BCUT2D eigenvalue weighted by molar-refractivity contribution is 0.211. The van der Waals surface area contributed by atoms with Gasteiger partial charge >= 0.3 is 0 Å². The number of rotatable bonds is 6. The van der Waals surface area contributed by atoms with Crippen LogP contribution in [0.5, 0.6) is 0 Å². The number of anilines is 1. The van der Waals surface area contributed by atoms with E-state index in [1.807, 2.05) is 44.4 Å². The summed E-state index contributed by atoms with van der Waals surface area (Å²) in [4.78, 5) is 16.4. The number of hydrogen-bond donors (Lipinski definition) is 1. The van der Waals surface area contributed by atoms with Gasteiger partial charge in [0.25, 0.3) is 0 Å². The summed E-state index contributed by atoms with van der Waals surface area (Å²) in [6, 6.07) is 16.9. The Hall–Kier alpha value is -3.58. The lowest BCUT2D eigenvalue weighted by atomic mass is 10.0. The Bertz CT molecular complexity index is 1200. The molecular formula is C26H28N6O. The average Bonchev–Trinajstić information content (AvgIpc) is 3.27. The van der Waals surface area contributed by atoms with Crippen LogP contribution in [-0.2, 0) is 6.54 Å². The van der Waals surface area contributed by atoms with Gasteiger partial charge < -0.3 is 9.84 Å². The number of hydrogen-bond acceptors (Lipinski definition) is 7. The van der Waals surface area contributed by atoms with Crippen LogP contribution in [-0.4, -0.2) is 44.1 Å². The van der Waals surface area contributed by atoms with E-state index < -0.39 is 0 Å². The zero-order valence-corrected chi connectivity index (χ0v) is 19.0. The van der Waals surface area contributed by atoms with Crippen LogP contribution in [0.4, 0.5) is 5.95 Å². The minimum Gasteiger partial charge on any atom is -0.356 e. The molecule has 0 bridgehead atoms. The lowest BCUT2D eigenvalue weighted by Crippen LogP contribution is -2.39. The van der Waals surface area contributed by atoms with Crippen LogP contribution in [0.2, 0.25) is 0 Å². The SMILES string of the molecule is Cc1ccc(-c2nc(NC3CCN(Cc4ccccc4)CC3)ncc2-c2cc(C)no2)cn1. The molecule has 3 aromatic heterocycles. The first-order chi connectivity index (χ1) is 16.1. The van der Waals surface area contributed by atoms with E-state index in [-0.39, 0.29) is 0 Å². The molecule has 1 fully saturated rings. The van der Waals surface area contributed by atoms with Gasteiger partial charge in [-0.25, -0.2) is 9.97 Å². The van der Waals surface area contributed by atoms with Crippen LogP contribution >= 0.6 is 0 Å². The Morgan fingerprint density at radius 1 is 0.970 bits per heavy atom. The monoisotopic (exact) mass is 440 g/mol. The van der Waals surface area contributed by atoms with E-state index in [0.717, 1.165) is 60.7 Å². The highest BCUT2D eigenvalue weighted by molar-refractivity contribution is 5.78. The maximum Gasteiger partial charge on any atom is 0.223 e. The molecule has 1 aliphatic heterocycles. The van der Waals surface area contributed by atoms with Crippen LogP contribution in [0.25, 0.3) is 22.6 Å². The van der Waals surface area contributed by atoms with Crippen molar-refractivity contribution in [3.05, 3.63) is 77.9 Å². The second-order valence-electron chi connectivity index (χ2n) is 8.66. The van der Waals surface area contributed by atoms with E-state index in [4.69, 9.17) is 9.51 Å². The topological polar surface area (TPSA) is 80.0 Å². The Morgan fingerprint density at radius 3 is 2.48 bits per heavy atom. The van der Waals surface area contributed by atoms with Crippen LogP contribution in [0.1, 0.15) is 29.8 Å². The molecule has 7 heteroatoms. The quantitative estimate of drug-likeness (QED) is 0.457. The molecule has 0 aliphatic carbocycles. The number of aromatic nitrogens is 4. The summed E-state index contributed by atoms with van der Waals surface area (Å²) in [5.74, 6) is 1.29. The van der Waals surface area contributed by atoms with Gasteiger partial charge in [0.05, 0.1) is 17.0 Å². The van der Waals surface area contributed by atoms with Gasteiger partial charge in [-0.1, -0.05) is 35.5 Å². The molecule has 4 aromatic rings. The highest BCUT2D eigenvalue weighted by Crippen LogP contribution is 2.31. The van der Waals surface area contributed by atoms with Crippen molar-refractivity contribution >= 4 is 5.95 Å². The fraction of sp³-hybridized carbons (Fsp3) is 0.308. The first-order valence-electron chi connectivity index (χ1n) is 11.4. The number of aryl methyl sites for hydroxylation is 2. The molecule has 33 heavy (non-hydrogen) atoms. The molecule has 0 radical (unpaired) electrons. The molecule has 0 amide bonds. The first-order valence-corrected chi connectivity index (χ1v) is 11.4. The van der Waals surface area contributed by atoms with Crippen molar-refractivity contribution in [2.75, 3.05) is 18.4 Å². The predicted molar refractivity (Wildman–Crippen MR) is 129 cm³/mol. The Morgan fingerprint density at radius 2 is 1.79 bits per heavy atom. The van der Waals surface area contributed by atoms with Crippen molar-refractivity contribution in [2.24, 2.45) is 0 Å². The summed E-state index contributed by atoms with van der Waals surface area (Å²) >= 11 is 0. The number of benzene rings is 1. The van der Waals surface area contributed by atoms with Gasteiger partial charge in [-0.2, -0.15) is 0 Å². The van der Waals surface area contributed by atoms with E-state index in [0.29, 0.717) is 17.8 Å². The molecule has 1 N–H and O–H groups in total. The predicted octanol–water partition coefficient (Wildman–Crippen LogP) is 4.89. The third-order valence-corrected chi connectivity index (χ3v) is 6.04. The second-order valence-corrected chi connectivity index (χ2v) is 8.66. The van der Waals surface area contributed by atoms with Gasteiger partial charge in [0, 0.05) is 55.4 Å². The molecule has 0 saturated carbocycles. The molecule has 1 saturated heterocycles. The standard InChI is InChI=1S/C26H28N6O/c1-18-8-9-21(15-27-18)25-23(24-14-19(2)31-33-24)16-28-26(30-25)29-22-10-12-32(13-11-22)17-20-6-4-3-5-7-20/h3-9,14-16,22H,10-13,17H2,1-2H3,(H,28,29,30). The van der Waals surface area contributed by atoms with Crippen LogP contribution < -0.4 is 5.32 Å². The minimum atomic E-state index is 0.347. The van der Waals surface area contributed by atoms with Crippen molar-refractivity contribution in [1.29, 1.82) is 0 Å². The maximum atomic E-state index is 5.51. The van der Waals surface area contributed by atoms with E-state index in [1.54, 1.807) is 0 Å². The third-order valence-electron chi connectivity index (χ3n) is 6.04. The van der Waals surface area contributed by atoms with Gasteiger partial charge in [-0.05, 0) is 44.4 Å². The van der Waals surface area contributed by atoms with Crippen molar-refractivity contribution in [3.63, 3.8) is 0 Å². The van der Waals surface area contributed by atoms with Crippen molar-refractivity contribution < 1.29 is 4.52 Å². The fourth-order valence-corrected chi connectivity index (χ4v) is 4.21. The molecule has 168 valence electrons. The first kappa shape index (κ1) is 21.3. The van der Waals surface area contributed by atoms with E-state index in [2.05, 4.69) is 55.7 Å². The fourth-order valence-electron chi connectivity index (χ4n) is 4.21. The maximum absolute atomic E-state index is 5.51. The summed E-state index contributed by atoms with van der Waals surface area (Å²) in [5.41, 5.74) is 5.67. The Balaban J connectivity index is 1.32. The largest absolute Gasteiger partial charge is 0.356 e. The second kappa shape index (κ2) is 9.50. The summed E-state index contributed by atoms with van der Waals surface area (Å²) in [5, 5.41) is 7.58. The smallest absolute Gasteiger partial charge is 0.223 e. The number of piperidine rings is 1. The molecule has 4 heterocycles. The summed E-state index contributed by atoms with van der Waals surface area (Å²) in [6.45, 7) is 6.98. The van der Waals surface area contributed by atoms with Gasteiger partial charge in [0.2, 0.25) is 5.95 Å². The molecular weight excluding hydrogens is 412 g/mol. The zero-order valence-electron chi connectivity index (χ0n) is 19.0. The molecule has 0 spiro atoms. The number of nitrogens with one attached hydrogen (secondary N) is 1. The van der Waals surface area contributed by atoms with Crippen LogP contribution in [0.15, 0.2) is 65.4 Å². The highest BCUT2D eigenvalue weighted by Gasteiger charge is 2.21.